The van der Waals surface area contributed by atoms with Crippen molar-refractivity contribution >= 4 is 35.3 Å². The van der Waals surface area contributed by atoms with Crippen molar-refractivity contribution in [2.24, 2.45) is 5.10 Å². The second-order valence-corrected chi connectivity index (χ2v) is 5.11. The maximum absolute atomic E-state index is 12.0. The van der Waals surface area contributed by atoms with Crippen LogP contribution in [0.25, 0.3) is 0 Å². The van der Waals surface area contributed by atoms with Gasteiger partial charge in [-0.15, -0.1) is 0 Å². The first-order chi connectivity index (χ1) is 10.6. The van der Waals surface area contributed by atoms with Gasteiger partial charge >= 0.3 is 0 Å². The summed E-state index contributed by atoms with van der Waals surface area (Å²) in [5, 5.41) is 4.65. The van der Waals surface area contributed by atoms with Gasteiger partial charge in [-0.1, -0.05) is 35.3 Å². The van der Waals surface area contributed by atoms with Crippen molar-refractivity contribution in [3.8, 4) is 5.75 Å². The first-order valence-electron chi connectivity index (χ1n) is 6.62. The monoisotopic (exact) mass is 336 g/mol. The van der Waals surface area contributed by atoms with E-state index in [1.54, 1.807) is 12.1 Å². The molecular weight excluding hydrogens is 323 g/mol. The molecule has 1 amide bonds. The Labute approximate surface area is 138 Å². The number of hydrazone groups is 1. The fraction of sp³-hybridized carbons (Fsp3) is 0.125. The van der Waals surface area contributed by atoms with E-state index in [2.05, 4.69) is 10.5 Å². The first kappa shape index (κ1) is 16.3. The van der Waals surface area contributed by atoms with E-state index in [1.807, 2.05) is 31.2 Å². The van der Waals surface area contributed by atoms with E-state index >= 15 is 0 Å². The number of carbonyl (C=O) groups excluding carboxylic acids is 1. The summed E-state index contributed by atoms with van der Waals surface area (Å²) in [6, 6.07) is 12.1. The normalized spacial score (nSPS) is 10.7. The van der Waals surface area contributed by atoms with Crippen molar-refractivity contribution in [2.45, 2.75) is 6.92 Å². The van der Waals surface area contributed by atoms with E-state index in [4.69, 9.17) is 27.9 Å². The van der Waals surface area contributed by atoms with Crippen LogP contribution in [0.5, 0.6) is 5.75 Å². The molecule has 0 aliphatic rings. The maximum Gasteiger partial charge on any atom is 0.271 e. The lowest BCUT2D eigenvalue weighted by Crippen LogP contribution is -2.17. The molecule has 4 nitrogen and oxygen atoms in total. The number of nitrogens with one attached hydrogen (secondary N) is 1. The molecule has 0 atom stereocenters. The number of amides is 1. The van der Waals surface area contributed by atoms with Gasteiger partial charge in [-0.25, -0.2) is 5.43 Å². The molecule has 0 heterocycles. The molecule has 114 valence electrons. The van der Waals surface area contributed by atoms with Crippen LogP contribution in [0.2, 0.25) is 10.0 Å². The molecular formula is C16H14Cl2N2O2. The van der Waals surface area contributed by atoms with E-state index in [0.717, 1.165) is 5.56 Å². The SMILES string of the molecule is CCOc1ccccc1/C=N/NC(=O)c1ccc(Cl)c(Cl)c1. The van der Waals surface area contributed by atoms with Crippen LogP contribution in [-0.4, -0.2) is 18.7 Å². The lowest BCUT2D eigenvalue weighted by molar-refractivity contribution is 0.0955. The highest BCUT2D eigenvalue weighted by molar-refractivity contribution is 6.42. The van der Waals surface area contributed by atoms with Crippen molar-refractivity contribution in [1.29, 1.82) is 0 Å². The molecule has 0 unspecified atom stereocenters. The van der Waals surface area contributed by atoms with E-state index in [-0.39, 0.29) is 5.91 Å². The molecule has 0 fully saturated rings. The predicted octanol–water partition coefficient (Wildman–Crippen LogP) is 4.16. The third-order valence-corrected chi connectivity index (χ3v) is 3.51. The number of rotatable bonds is 5. The predicted molar refractivity (Wildman–Crippen MR) is 89.1 cm³/mol. The number of para-hydroxylation sites is 1. The number of halogens is 2. The lowest BCUT2D eigenvalue weighted by atomic mass is 10.2. The third-order valence-electron chi connectivity index (χ3n) is 2.77. The summed E-state index contributed by atoms with van der Waals surface area (Å²) in [7, 11) is 0. The van der Waals surface area contributed by atoms with Crippen LogP contribution < -0.4 is 10.2 Å². The summed E-state index contributed by atoms with van der Waals surface area (Å²) in [6.45, 7) is 2.46. The van der Waals surface area contributed by atoms with Crippen LogP contribution >= 0.6 is 23.2 Å². The zero-order valence-electron chi connectivity index (χ0n) is 11.8. The van der Waals surface area contributed by atoms with Gasteiger partial charge in [-0.3, -0.25) is 4.79 Å². The number of hydrogen-bond donors (Lipinski definition) is 1. The molecule has 2 aromatic rings. The van der Waals surface area contributed by atoms with Gasteiger partial charge in [0.15, 0.2) is 0 Å². The average molecular weight is 337 g/mol. The molecule has 0 aliphatic heterocycles. The first-order valence-corrected chi connectivity index (χ1v) is 7.37. The Hall–Kier alpha value is -2.04. The fourth-order valence-electron chi connectivity index (χ4n) is 1.74. The molecule has 6 heteroatoms. The fourth-order valence-corrected chi connectivity index (χ4v) is 2.03. The number of ether oxygens (including phenoxy) is 1. The zero-order chi connectivity index (χ0) is 15.9. The number of hydrogen-bond acceptors (Lipinski definition) is 3. The second kappa shape index (κ2) is 7.82. The lowest BCUT2D eigenvalue weighted by Gasteiger charge is -2.06. The van der Waals surface area contributed by atoms with Gasteiger partial charge in [0.05, 0.1) is 22.9 Å². The number of carbonyl (C=O) groups is 1. The van der Waals surface area contributed by atoms with Crippen LogP contribution in [0.15, 0.2) is 47.6 Å². The second-order valence-electron chi connectivity index (χ2n) is 4.30. The summed E-state index contributed by atoms with van der Waals surface area (Å²) in [4.78, 5) is 12.0. The Morgan fingerprint density at radius 3 is 2.73 bits per heavy atom. The summed E-state index contributed by atoms with van der Waals surface area (Å²) in [5.41, 5.74) is 3.59. The van der Waals surface area contributed by atoms with Crippen LogP contribution in [0, 0.1) is 0 Å². The van der Waals surface area contributed by atoms with Crippen molar-refractivity contribution in [3.05, 3.63) is 63.6 Å². The van der Waals surface area contributed by atoms with E-state index in [0.29, 0.717) is 28.0 Å². The van der Waals surface area contributed by atoms with Gasteiger partial charge in [0.2, 0.25) is 0 Å². The molecule has 2 aromatic carbocycles. The van der Waals surface area contributed by atoms with Gasteiger partial charge < -0.3 is 4.74 Å². The highest BCUT2D eigenvalue weighted by Gasteiger charge is 2.07. The minimum atomic E-state index is -0.372. The quantitative estimate of drug-likeness (QED) is 0.658. The molecule has 0 spiro atoms. The highest BCUT2D eigenvalue weighted by Crippen LogP contribution is 2.22. The van der Waals surface area contributed by atoms with Gasteiger partial charge in [0.1, 0.15) is 5.75 Å². The van der Waals surface area contributed by atoms with Gasteiger partial charge in [0, 0.05) is 11.1 Å². The molecule has 1 N–H and O–H groups in total. The van der Waals surface area contributed by atoms with E-state index in [9.17, 15) is 4.79 Å². The summed E-state index contributed by atoms with van der Waals surface area (Å²) in [5.74, 6) is 0.334. The maximum atomic E-state index is 12.0. The van der Waals surface area contributed by atoms with Crippen molar-refractivity contribution in [3.63, 3.8) is 0 Å². The smallest absolute Gasteiger partial charge is 0.271 e. The Kier molecular flexibility index (Phi) is 5.81. The highest BCUT2D eigenvalue weighted by atomic mass is 35.5. The zero-order valence-corrected chi connectivity index (χ0v) is 13.4. The Morgan fingerprint density at radius 1 is 1.23 bits per heavy atom. The molecule has 2 rings (SSSR count). The van der Waals surface area contributed by atoms with Crippen LogP contribution in [-0.2, 0) is 0 Å². The molecule has 22 heavy (non-hydrogen) atoms. The number of nitrogens with zero attached hydrogens (tertiary/aromatic N) is 1. The Bertz CT molecular complexity index is 702. The third kappa shape index (κ3) is 4.23. The Morgan fingerprint density at radius 2 is 2.00 bits per heavy atom. The Balaban J connectivity index is 2.06. The van der Waals surface area contributed by atoms with Crippen molar-refractivity contribution in [1.82, 2.24) is 5.43 Å². The van der Waals surface area contributed by atoms with Crippen molar-refractivity contribution < 1.29 is 9.53 Å². The molecule has 0 aromatic heterocycles. The molecule has 0 aliphatic carbocycles. The van der Waals surface area contributed by atoms with Gasteiger partial charge in [-0.2, -0.15) is 5.10 Å². The number of benzene rings is 2. The van der Waals surface area contributed by atoms with E-state index < -0.39 is 0 Å². The van der Waals surface area contributed by atoms with Crippen LogP contribution in [0.4, 0.5) is 0 Å². The summed E-state index contributed by atoms with van der Waals surface area (Å²) >= 11 is 11.7. The largest absolute Gasteiger partial charge is 0.493 e. The standard InChI is InChI=1S/C16H14Cl2N2O2/c1-2-22-15-6-4-3-5-12(15)10-19-20-16(21)11-7-8-13(17)14(18)9-11/h3-10H,2H2,1H3,(H,20,21)/b19-10+. The van der Waals surface area contributed by atoms with Crippen molar-refractivity contribution in [2.75, 3.05) is 6.61 Å². The van der Waals surface area contributed by atoms with Gasteiger partial charge in [0.25, 0.3) is 5.91 Å². The minimum absolute atomic E-state index is 0.319. The molecule has 0 saturated carbocycles. The molecule has 0 radical (unpaired) electrons. The van der Waals surface area contributed by atoms with Crippen LogP contribution in [0.3, 0.4) is 0 Å². The molecule has 0 saturated heterocycles. The summed E-state index contributed by atoms with van der Waals surface area (Å²) < 4.78 is 5.47. The van der Waals surface area contributed by atoms with Crippen LogP contribution in [0.1, 0.15) is 22.8 Å². The van der Waals surface area contributed by atoms with E-state index in [1.165, 1.54) is 12.3 Å². The molecule has 0 bridgehead atoms. The topological polar surface area (TPSA) is 50.7 Å². The summed E-state index contributed by atoms with van der Waals surface area (Å²) in [6.07, 6.45) is 1.53. The van der Waals surface area contributed by atoms with Gasteiger partial charge in [-0.05, 0) is 37.3 Å². The minimum Gasteiger partial charge on any atom is -0.493 e. The average Bonchev–Trinajstić information content (AvgIpc) is 2.52.